The molecule has 0 bridgehead atoms. The van der Waals surface area contributed by atoms with Crippen molar-refractivity contribution in [2.24, 2.45) is 5.73 Å². The molecule has 27 heavy (non-hydrogen) atoms. The maximum Gasteiger partial charge on any atom is 0.254 e. The van der Waals surface area contributed by atoms with Crippen LogP contribution in [0.25, 0.3) is 0 Å². The Morgan fingerprint density at radius 2 is 2.19 bits per heavy atom. The Kier molecular flexibility index (Phi) is 7.33. The van der Waals surface area contributed by atoms with Gasteiger partial charge >= 0.3 is 0 Å². The summed E-state index contributed by atoms with van der Waals surface area (Å²) in [7, 11) is 0. The molecule has 4 N–H and O–H groups in total. The van der Waals surface area contributed by atoms with Crippen molar-refractivity contribution in [1.82, 2.24) is 9.97 Å². The molecule has 1 aromatic carbocycles. The van der Waals surface area contributed by atoms with Crippen LogP contribution in [-0.2, 0) is 11.2 Å². The summed E-state index contributed by atoms with van der Waals surface area (Å²) >= 11 is 5.87. The van der Waals surface area contributed by atoms with Crippen LogP contribution >= 0.6 is 11.6 Å². The molecule has 5 nitrogen and oxygen atoms in total. The number of carbonyl (C=O) groups is 1. The molecular formula is C19H24ClF2N3O2. The van der Waals surface area contributed by atoms with Gasteiger partial charge in [-0.05, 0) is 56.7 Å². The summed E-state index contributed by atoms with van der Waals surface area (Å²) < 4.78 is 27.5. The van der Waals surface area contributed by atoms with Crippen LogP contribution < -0.4 is 5.73 Å². The van der Waals surface area contributed by atoms with E-state index in [0.29, 0.717) is 30.2 Å². The Balaban J connectivity index is 1.99. The topological polar surface area (TPSA) is 92.0 Å². The minimum atomic E-state index is -2.14. The summed E-state index contributed by atoms with van der Waals surface area (Å²) in [4.78, 5) is 18.2. The zero-order chi connectivity index (χ0) is 20.0. The summed E-state index contributed by atoms with van der Waals surface area (Å²) in [5, 5.41) is 10.7. The van der Waals surface area contributed by atoms with E-state index in [-0.39, 0.29) is 24.6 Å². The number of primary amides is 1. The summed E-state index contributed by atoms with van der Waals surface area (Å²) in [6.45, 7) is 1.14. The van der Waals surface area contributed by atoms with Crippen molar-refractivity contribution < 1.29 is 18.7 Å². The van der Waals surface area contributed by atoms with Gasteiger partial charge in [0.25, 0.3) is 5.91 Å². The Bertz CT molecular complexity index is 767. The number of halogens is 3. The van der Waals surface area contributed by atoms with Gasteiger partial charge in [0.05, 0.1) is 12.3 Å². The number of imidazole rings is 1. The molecule has 3 atom stereocenters. The predicted octanol–water partition coefficient (Wildman–Crippen LogP) is 3.66. The second-order valence-electron chi connectivity index (χ2n) is 6.97. The molecule has 0 saturated heterocycles. The van der Waals surface area contributed by atoms with Crippen LogP contribution in [0.15, 0.2) is 30.5 Å². The molecule has 0 spiro atoms. The quantitative estimate of drug-likeness (QED) is 0.569. The zero-order valence-corrected chi connectivity index (χ0v) is 15.8. The highest BCUT2D eigenvalue weighted by Gasteiger charge is 2.32. The van der Waals surface area contributed by atoms with Crippen molar-refractivity contribution >= 4 is 17.5 Å². The van der Waals surface area contributed by atoms with Gasteiger partial charge in [-0.1, -0.05) is 23.7 Å². The third-order valence-corrected chi connectivity index (χ3v) is 4.83. The molecule has 0 saturated carbocycles. The third-order valence-electron chi connectivity index (χ3n) is 4.64. The van der Waals surface area contributed by atoms with Gasteiger partial charge < -0.3 is 15.8 Å². The molecule has 0 aliphatic carbocycles. The van der Waals surface area contributed by atoms with Gasteiger partial charge in [-0.3, -0.25) is 4.79 Å². The number of nitrogens with one attached hydrogen (secondary N) is 1. The minimum absolute atomic E-state index is 0.0953. The van der Waals surface area contributed by atoms with Gasteiger partial charge in [0.15, 0.2) is 5.67 Å². The van der Waals surface area contributed by atoms with Gasteiger partial charge in [0.2, 0.25) is 0 Å². The number of hydrogen-bond acceptors (Lipinski definition) is 3. The van der Waals surface area contributed by atoms with Crippen LogP contribution in [0.5, 0.6) is 0 Å². The first-order valence-electron chi connectivity index (χ1n) is 8.79. The number of aromatic nitrogens is 2. The van der Waals surface area contributed by atoms with Gasteiger partial charge in [-0.2, -0.15) is 0 Å². The maximum atomic E-state index is 14.2. The summed E-state index contributed by atoms with van der Waals surface area (Å²) in [5.41, 5.74) is 3.74. The number of aliphatic hydroxyl groups is 1. The van der Waals surface area contributed by atoms with Crippen molar-refractivity contribution in [3.05, 3.63) is 52.8 Å². The molecule has 0 fully saturated rings. The highest BCUT2D eigenvalue weighted by atomic mass is 35.5. The van der Waals surface area contributed by atoms with Crippen LogP contribution in [0.2, 0.25) is 5.15 Å². The van der Waals surface area contributed by atoms with E-state index >= 15 is 0 Å². The number of nitrogens with two attached hydrogens (primary N) is 1. The highest BCUT2D eigenvalue weighted by Crippen LogP contribution is 2.30. The Hall–Kier alpha value is -1.99. The number of alkyl halides is 1. The van der Waals surface area contributed by atoms with Gasteiger partial charge in [-0.25, -0.2) is 13.8 Å². The lowest BCUT2D eigenvalue weighted by Crippen LogP contribution is -2.37. The number of nitrogens with zero attached hydrogens (tertiary/aromatic N) is 1. The number of aliphatic hydroxyl groups excluding tert-OH is 1. The predicted molar refractivity (Wildman–Crippen MR) is 99.6 cm³/mol. The number of carbonyl (C=O) groups excluding carboxylic acids is 1. The second-order valence-corrected chi connectivity index (χ2v) is 7.38. The molecular weight excluding hydrogens is 376 g/mol. The number of H-pyrrole nitrogens is 1. The number of hydrogen-bond donors (Lipinski definition) is 3. The van der Waals surface area contributed by atoms with E-state index in [1.807, 2.05) is 0 Å². The maximum absolute atomic E-state index is 14.2. The van der Waals surface area contributed by atoms with Crippen LogP contribution in [0.1, 0.15) is 49.9 Å². The molecule has 2 rings (SSSR count). The van der Waals surface area contributed by atoms with Gasteiger partial charge in [0.1, 0.15) is 16.8 Å². The normalized spacial score (nSPS) is 15.9. The lowest BCUT2D eigenvalue weighted by molar-refractivity contribution is -0.128. The zero-order valence-electron chi connectivity index (χ0n) is 15.1. The average molecular weight is 400 g/mol. The van der Waals surface area contributed by atoms with Crippen molar-refractivity contribution in [2.45, 2.75) is 56.7 Å². The average Bonchev–Trinajstić information content (AvgIpc) is 3.03. The number of aromatic amines is 1. The number of aryl methyl sites for hydroxylation is 1. The molecule has 0 aliphatic rings. The Morgan fingerprint density at radius 3 is 2.78 bits per heavy atom. The largest absolute Gasteiger partial charge is 0.393 e. The first-order chi connectivity index (χ1) is 12.7. The lowest BCUT2D eigenvalue weighted by atomic mass is 9.89. The molecule has 148 valence electrons. The van der Waals surface area contributed by atoms with E-state index < -0.39 is 17.7 Å². The van der Waals surface area contributed by atoms with Gasteiger partial charge in [0, 0.05) is 5.92 Å². The first-order valence-corrected chi connectivity index (χ1v) is 9.17. The number of rotatable bonds is 10. The van der Waals surface area contributed by atoms with Crippen LogP contribution in [0.4, 0.5) is 8.78 Å². The Labute approximate surface area is 161 Å². The lowest BCUT2D eigenvalue weighted by Gasteiger charge is -2.22. The first kappa shape index (κ1) is 21.3. The summed E-state index contributed by atoms with van der Waals surface area (Å²) in [6, 6.07) is 6.21. The van der Waals surface area contributed by atoms with E-state index in [9.17, 15) is 18.7 Å². The molecule has 0 radical (unpaired) electrons. The highest BCUT2D eigenvalue weighted by molar-refractivity contribution is 6.29. The number of amides is 1. The molecule has 1 aromatic heterocycles. The molecule has 2 aromatic rings. The van der Waals surface area contributed by atoms with Crippen molar-refractivity contribution in [1.29, 1.82) is 0 Å². The van der Waals surface area contributed by atoms with Crippen LogP contribution in [0.3, 0.4) is 0 Å². The molecule has 8 heteroatoms. The van der Waals surface area contributed by atoms with Crippen LogP contribution in [0, 0.1) is 5.82 Å². The van der Waals surface area contributed by atoms with Crippen molar-refractivity contribution in [3.8, 4) is 0 Å². The fraction of sp³-hybridized carbons (Fsp3) is 0.474. The SMILES string of the molecule is CC(F)(CC[C@H](C[C@@H](O)CCc1cccc(F)c1)c1ncc(Cl)[nH]1)C(N)=O. The number of benzene rings is 1. The molecule has 1 amide bonds. The Morgan fingerprint density at radius 1 is 1.44 bits per heavy atom. The van der Waals surface area contributed by atoms with E-state index in [1.165, 1.54) is 18.3 Å². The summed E-state index contributed by atoms with van der Waals surface area (Å²) in [5.74, 6) is -1.15. The molecule has 0 aliphatic heterocycles. The van der Waals surface area contributed by atoms with Gasteiger partial charge in [-0.15, -0.1) is 0 Å². The van der Waals surface area contributed by atoms with E-state index in [4.69, 9.17) is 17.3 Å². The molecule has 1 heterocycles. The van der Waals surface area contributed by atoms with E-state index in [1.54, 1.807) is 12.1 Å². The van der Waals surface area contributed by atoms with Crippen molar-refractivity contribution in [2.75, 3.05) is 0 Å². The minimum Gasteiger partial charge on any atom is -0.393 e. The third kappa shape index (κ3) is 6.59. The summed E-state index contributed by atoms with van der Waals surface area (Å²) in [6.07, 6.45) is 2.11. The molecule has 1 unspecified atom stereocenters. The van der Waals surface area contributed by atoms with Crippen LogP contribution in [-0.4, -0.2) is 32.8 Å². The van der Waals surface area contributed by atoms with E-state index in [0.717, 1.165) is 12.5 Å². The second kappa shape index (κ2) is 9.28. The monoisotopic (exact) mass is 399 g/mol. The fourth-order valence-corrected chi connectivity index (χ4v) is 3.07. The standard InChI is InChI=1S/C19H24ClF2N3O2/c1-19(22,18(23)27)8-7-13(17-24-11-16(20)25-17)10-15(26)6-5-12-3-2-4-14(21)9-12/h2-4,9,11,13,15,26H,5-8,10H2,1H3,(H2,23,27)(H,24,25)/t13-,15+,19?/m1/s1. The smallest absolute Gasteiger partial charge is 0.254 e. The van der Waals surface area contributed by atoms with Crippen molar-refractivity contribution in [3.63, 3.8) is 0 Å². The van der Waals surface area contributed by atoms with E-state index in [2.05, 4.69) is 9.97 Å². The fourth-order valence-electron chi connectivity index (χ4n) is 2.93.